The molecule has 2 fully saturated rings. The predicted molar refractivity (Wildman–Crippen MR) is 138 cm³/mol. The number of ether oxygens (including phenoxy) is 3. The molecular weight excluding hydrogens is 583 g/mol. The lowest BCUT2D eigenvalue weighted by atomic mass is 10.1. The molecule has 0 bridgehead atoms. The molecule has 2 saturated heterocycles. The summed E-state index contributed by atoms with van der Waals surface area (Å²) in [5.41, 5.74) is 12.7. The van der Waals surface area contributed by atoms with Crippen molar-refractivity contribution in [2.75, 3.05) is 31.8 Å². The van der Waals surface area contributed by atoms with E-state index in [4.69, 9.17) is 34.7 Å². The minimum atomic E-state index is -4.95. The van der Waals surface area contributed by atoms with E-state index in [1.165, 1.54) is 41.6 Å². The number of aliphatic hydroxyl groups excluding tert-OH is 3. The smallest absolute Gasteiger partial charge is 0.394 e. The molecule has 0 saturated carbocycles. The fraction of sp³-hybridized carbons (Fsp3) is 0.524. The Labute approximate surface area is 235 Å². The van der Waals surface area contributed by atoms with Gasteiger partial charge in [0.15, 0.2) is 35.4 Å². The summed E-state index contributed by atoms with van der Waals surface area (Å²) in [7, 11) is -3.62. The lowest BCUT2D eigenvalue weighted by molar-refractivity contribution is -0.0637. The summed E-state index contributed by atoms with van der Waals surface area (Å²) in [6.45, 7) is -1.19. The molecule has 20 nitrogen and oxygen atoms in total. The van der Waals surface area contributed by atoms with E-state index in [1.807, 2.05) is 0 Å². The van der Waals surface area contributed by atoms with E-state index in [9.17, 15) is 24.8 Å². The van der Waals surface area contributed by atoms with Gasteiger partial charge in [-0.2, -0.15) is 0 Å². The maximum absolute atomic E-state index is 13.1. The summed E-state index contributed by atoms with van der Waals surface area (Å²) in [6.07, 6.45) is -4.83. The number of nitrogen functional groups attached to an aromatic ring is 2. The Morgan fingerprint density at radius 1 is 0.881 bits per heavy atom. The zero-order valence-corrected chi connectivity index (χ0v) is 22.7. The third-order valence-corrected chi connectivity index (χ3v) is 8.04. The second-order valence-electron chi connectivity index (χ2n) is 9.49. The highest BCUT2D eigenvalue weighted by Gasteiger charge is 2.51. The van der Waals surface area contributed by atoms with Crippen LogP contribution in [-0.4, -0.2) is 116 Å². The fourth-order valence-electron chi connectivity index (χ4n) is 5.05. The van der Waals surface area contributed by atoms with Gasteiger partial charge in [-0.25, -0.2) is 34.5 Å². The van der Waals surface area contributed by atoms with Crippen molar-refractivity contribution in [3.05, 3.63) is 25.3 Å². The second kappa shape index (κ2) is 11.0. The van der Waals surface area contributed by atoms with Crippen LogP contribution < -0.4 is 11.5 Å². The molecule has 2 aliphatic rings. The number of aliphatic hydroxyl groups is 3. The molecule has 0 spiro atoms. The van der Waals surface area contributed by atoms with Crippen LogP contribution in [0.1, 0.15) is 12.5 Å². The van der Waals surface area contributed by atoms with Crippen molar-refractivity contribution in [2.24, 2.45) is 0 Å². The molecule has 42 heavy (non-hydrogen) atoms. The van der Waals surface area contributed by atoms with Gasteiger partial charge in [0.05, 0.1) is 25.9 Å². The van der Waals surface area contributed by atoms with Crippen molar-refractivity contribution in [3.63, 3.8) is 0 Å². The number of nitrogens with two attached hydrogens (primary N) is 2. The third kappa shape index (κ3) is 4.86. The summed E-state index contributed by atoms with van der Waals surface area (Å²) >= 11 is 0. The van der Waals surface area contributed by atoms with Gasteiger partial charge in [-0.05, 0) is 0 Å². The molecule has 0 aliphatic carbocycles. The number of hydrogen-bond acceptors (Lipinski definition) is 17. The summed E-state index contributed by atoms with van der Waals surface area (Å²) in [4.78, 5) is 34.9. The van der Waals surface area contributed by atoms with Crippen LogP contribution in [0.15, 0.2) is 25.3 Å². The number of anilines is 2. The monoisotopic (exact) mass is 610 g/mol. The Kier molecular flexibility index (Phi) is 7.51. The molecule has 0 amide bonds. The lowest BCUT2D eigenvalue weighted by Crippen LogP contribution is -2.36. The minimum Gasteiger partial charge on any atom is -0.394 e. The van der Waals surface area contributed by atoms with Gasteiger partial charge in [0, 0.05) is 7.11 Å². The summed E-state index contributed by atoms with van der Waals surface area (Å²) < 4.78 is 43.4. The fourth-order valence-corrected chi connectivity index (χ4v) is 5.98. The van der Waals surface area contributed by atoms with E-state index >= 15 is 0 Å². The maximum Gasteiger partial charge on any atom is 0.472 e. The van der Waals surface area contributed by atoms with E-state index in [1.54, 1.807) is 0 Å². The van der Waals surface area contributed by atoms with Crippen LogP contribution in [0.2, 0.25) is 0 Å². The number of aromatic nitrogens is 8. The van der Waals surface area contributed by atoms with Gasteiger partial charge in [-0.3, -0.25) is 18.2 Å². The second-order valence-corrected chi connectivity index (χ2v) is 10.9. The van der Waals surface area contributed by atoms with Crippen LogP contribution in [0.25, 0.3) is 22.3 Å². The minimum absolute atomic E-state index is 0.0778. The van der Waals surface area contributed by atoms with E-state index < -0.39 is 70.1 Å². The SMILES string of the molecule is COC1C(O)[C@H](n2cnc3c(N)ncnc32)O[C@@H]1COP(=O)(O)OC1C(O)[C@@H](CO)O[C@H]1n1cnc2c(N)ncnc21. The average Bonchev–Trinajstić information content (AvgIpc) is 3.72. The van der Waals surface area contributed by atoms with Gasteiger partial charge in [0.25, 0.3) is 0 Å². The van der Waals surface area contributed by atoms with Crippen molar-refractivity contribution in [3.8, 4) is 0 Å². The molecule has 9 atom stereocenters. The van der Waals surface area contributed by atoms with Crippen molar-refractivity contribution in [1.29, 1.82) is 0 Å². The largest absolute Gasteiger partial charge is 0.472 e. The van der Waals surface area contributed by atoms with E-state index in [0.29, 0.717) is 5.52 Å². The number of rotatable bonds is 9. The van der Waals surface area contributed by atoms with E-state index in [-0.39, 0.29) is 28.4 Å². The number of nitrogens with zero attached hydrogens (tertiary/aromatic N) is 8. The number of imidazole rings is 2. The van der Waals surface area contributed by atoms with Crippen molar-refractivity contribution in [2.45, 2.75) is 49.1 Å². The van der Waals surface area contributed by atoms with Crippen molar-refractivity contribution in [1.82, 2.24) is 39.0 Å². The number of phosphoric acid groups is 1. The van der Waals surface area contributed by atoms with Crippen molar-refractivity contribution >= 4 is 41.8 Å². The molecule has 226 valence electrons. The standard InChI is InChI=1S/C21H27N10O10P/c1-37-14-9(40-20(13(14)34)30-6-28-10-16(22)24-4-26-18(10)30)3-38-42(35,36)41-15-12(33)8(2-32)39-21(15)31-7-29-11-17(23)25-5-27-19(11)31/h4-9,12-15,20-21,32-34H,2-3H2,1H3,(H,35,36)(H2,22,24,26)(H2,23,25,27)/t8-,9-,12?,13?,14?,15?,20-,21-/m1/s1. The van der Waals surface area contributed by atoms with Crippen LogP contribution in [0, 0.1) is 0 Å². The van der Waals surface area contributed by atoms with Crippen molar-refractivity contribution < 1.29 is 48.0 Å². The normalized spacial score (nSPS) is 31.3. The van der Waals surface area contributed by atoms with Gasteiger partial charge in [-0.15, -0.1) is 0 Å². The van der Waals surface area contributed by atoms with Gasteiger partial charge in [-0.1, -0.05) is 0 Å². The molecule has 4 aromatic heterocycles. The highest BCUT2D eigenvalue weighted by atomic mass is 31.2. The summed E-state index contributed by atoms with van der Waals surface area (Å²) in [5.74, 6) is 0.209. The molecule has 5 unspecified atom stereocenters. The summed E-state index contributed by atoms with van der Waals surface area (Å²) in [5, 5.41) is 31.4. The Bertz CT molecular complexity index is 1640. The third-order valence-electron chi connectivity index (χ3n) is 7.05. The zero-order chi connectivity index (χ0) is 29.8. The first-order chi connectivity index (χ1) is 20.1. The van der Waals surface area contributed by atoms with Crippen LogP contribution in [0.5, 0.6) is 0 Å². The Morgan fingerprint density at radius 2 is 1.45 bits per heavy atom. The number of methoxy groups -OCH3 is 1. The molecule has 0 radical (unpaired) electrons. The first-order valence-corrected chi connectivity index (χ1v) is 14.0. The molecule has 4 aromatic rings. The van der Waals surface area contributed by atoms with E-state index in [0.717, 1.165) is 0 Å². The Hall–Kier alpha value is -3.43. The molecule has 6 heterocycles. The number of phosphoric ester groups is 1. The van der Waals surface area contributed by atoms with Gasteiger partial charge in [0.1, 0.15) is 60.3 Å². The average molecular weight is 610 g/mol. The topological polar surface area (TPSA) is 283 Å². The van der Waals surface area contributed by atoms with Crippen LogP contribution in [0.3, 0.4) is 0 Å². The maximum atomic E-state index is 13.1. The van der Waals surface area contributed by atoms with Gasteiger partial charge < -0.3 is 45.9 Å². The summed E-state index contributed by atoms with van der Waals surface area (Å²) in [6, 6.07) is 0. The first kappa shape index (κ1) is 28.7. The predicted octanol–water partition coefficient (Wildman–Crippen LogP) is -2.14. The molecular formula is C21H27N10O10P. The molecule has 6 rings (SSSR count). The highest BCUT2D eigenvalue weighted by Crippen LogP contribution is 2.50. The zero-order valence-electron chi connectivity index (χ0n) is 21.8. The molecule has 0 aromatic carbocycles. The Balaban J connectivity index is 1.19. The molecule has 2 aliphatic heterocycles. The lowest BCUT2D eigenvalue weighted by Gasteiger charge is -2.25. The van der Waals surface area contributed by atoms with Gasteiger partial charge >= 0.3 is 7.82 Å². The first-order valence-electron chi connectivity index (χ1n) is 12.5. The molecule has 8 N–H and O–H groups in total. The van der Waals surface area contributed by atoms with Crippen LogP contribution in [-0.2, 0) is 27.8 Å². The molecule has 21 heteroatoms. The number of fused-ring (bicyclic) bond motifs is 2. The quantitative estimate of drug-likeness (QED) is 0.110. The number of hydrogen-bond donors (Lipinski definition) is 6. The Morgan fingerprint density at radius 3 is 2.02 bits per heavy atom. The van der Waals surface area contributed by atoms with Crippen LogP contribution >= 0.6 is 7.82 Å². The van der Waals surface area contributed by atoms with Crippen LogP contribution in [0.4, 0.5) is 11.6 Å². The van der Waals surface area contributed by atoms with E-state index in [2.05, 4.69) is 29.9 Å². The van der Waals surface area contributed by atoms with Gasteiger partial charge in [0.2, 0.25) is 0 Å². The highest BCUT2D eigenvalue weighted by molar-refractivity contribution is 7.47.